The molecule has 0 radical (unpaired) electrons. The van der Waals surface area contributed by atoms with Gasteiger partial charge >= 0.3 is 0 Å². The number of hydrogen-bond acceptors (Lipinski definition) is 3. The normalized spacial score (nSPS) is 9.00. The van der Waals surface area contributed by atoms with Gasteiger partial charge in [0.15, 0.2) is 0 Å². The van der Waals surface area contributed by atoms with Crippen molar-refractivity contribution >= 4 is 0 Å². The van der Waals surface area contributed by atoms with Gasteiger partial charge in [0.25, 0.3) is 0 Å². The summed E-state index contributed by atoms with van der Waals surface area (Å²) in [7, 11) is 0. The van der Waals surface area contributed by atoms with Crippen LogP contribution in [-0.2, 0) is 21.1 Å². The Bertz CT molecular complexity index is 320. The molecule has 1 aromatic carbocycles. The molecule has 0 aliphatic carbocycles. The molecule has 0 N–H and O–H groups in total. The van der Waals surface area contributed by atoms with Crippen LogP contribution in [0.15, 0.2) is 34.9 Å². The van der Waals surface area contributed by atoms with Gasteiger partial charge in [-0.05, 0) is 11.9 Å². The summed E-state index contributed by atoms with van der Waals surface area (Å²) < 4.78 is 4.80. The molecule has 0 aliphatic rings. The molecule has 1 aromatic heterocycles. The van der Waals surface area contributed by atoms with E-state index in [-0.39, 0.29) is 21.1 Å². The smallest absolute Gasteiger partial charge is 0.0971 e. The van der Waals surface area contributed by atoms with Crippen molar-refractivity contribution in [1.82, 2.24) is 10.1 Å². The molecule has 0 saturated heterocycles. The van der Waals surface area contributed by atoms with Gasteiger partial charge in [0.1, 0.15) is 0 Å². The minimum absolute atomic E-state index is 0. The van der Waals surface area contributed by atoms with E-state index in [1.54, 1.807) is 0 Å². The molecule has 1 heterocycles. The van der Waals surface area contributed by atoms with Crippen LogP contribution < -0.4 is 0 Å². The third-order valence-corrected chi connectivity index (χ3v) is 1.35. The summed E-state index contributed by atoms with van der Waals surface area (Å²) in [5.41, 5.74) is 0.918. The molecule has 0 bridgehead atoms. The van der Waals surface area contributed by atoms with Crippen LogP contribution in [-0.4, -0.2) is 10.1 Å². The van der Waals surface area contributed by atoms with Crippen molar-refractivity contribution in [1.29, 1.82) is 0 Å². The van der Waals surface area contributed by atoms with Crippen molar-refractivity contribution < 1.29 is 25.6 Å². The van der Waals surface area contributed by atoms with Gasteiger partial charge < -0.3 is 9.51 Å². The molecule has 0 saturated carbocycles. The zero-order valence-electron chi connectivity index (χ0n) is 6.10. The Morgan fingerprint density at radius 3 is 2.50 bits per heavy atom. The van der Waals surface area contributed by atoms with E-state index in [1.807, 2.05) is 30.3 Å². The van der Waals surface area contributed by atoms with E-state index in [0.717, 1.165) is 5.56 Å². The summed E-state index contributed by atoms with van der Waals surface area (Å²) in [5, 5.41) is 3.39. The standard InChI is InChI=1S/C8H5N2O.W/c1-2-4-7(5-3-1)8-9-6-10-11-8;/h1-5H;/q-1;. The number of hydrogen-bond donors (Lipinski definition) is 0. The summed E-state index contributed by atoms with van der Waals surface area (Å²) in [4.78, 5) is 3.78. The van der Waals surface area contributed by atoms with E-state index in [2.05, 4.69) is 16.5 Å². The summed E-state index contributed by atoms with van der Waals surface area (Å²) in [6.07, 6.45) is 2.36. The van der Waals surface area contributed by atoms with Crippen molar-refractivity contribution in [2.45, 2.75) is 0 Å². The van der Waals surface area contributed by atoms with Crippen LogP contribution in [0.3, 0.4) is 0 Å². The Hall–Kier alpha value is -0.952. The topological polar surface area (TPSA) is 38.9 Å². The third kappa shape index (κ3) is 1.80. The fourth-order valence-electron chi connectivity index (χ4n) is 0.848. The molecule has 2 rings (SSSR count). The van der Waals surface area contributed by atoms with Gasteiger partial charge in [-0.25, -0.2) is 0 Å². The molecular formula is C8H5N2OW-. The molecule has 0 atom stereocenters. The summed E-state index contributed by atoms with van der Waals surface area (Å²) in [6, 6.07) is 9.57. The fraction of sp³-hybridized carbons (Fsp3) is 0. The first-order chi connectivity index (χ1) is 5.47. The van der Waals surface area contributed by atoms with E-state index in [1.165, 1.54) is 0 Å². The van der Waals surface area contributed by atoms with Crippen LogP contribution in [0.25, 0.3) is 11.5 Å². The van der Waals surface area contributed by atoms with Crippen molar-refractivity contribution in [3.8, 4) is 11.5 Å². The Morgan fingerprint density at radius 1 is 1.17 bits per heavy atom. The Morgan fingerprint density at radius 2 is 1.92 bits per heavy atom. The summed E-state index contributed by atoms with van der Waals surface area (Å²) in [6.45, 7) is 0. The van der Waals surface area contributed by atoms with E-state index < -0.39 is 0 Å². The third-order valence-electron chi connectivity index (χ3n) is 1.35. The zero-order valence-corrected chi connectivity index (χ0v) is 9.03. The molecular weight excluding hydrogens is 324 g/mol. The van der Waals surface area contributed by atoms with Gasteiger partial charge in [0, 0.05) is 21.1 Å². The minimum atomic E-state index is 0. The second-order valence-corrected chi connectivity index (χ2v) is 2.07. The van der Waals surface area contributed by atoms with Crippen molar-refractivity contribution in [2.75, 3.05) is 0 Å². The second-order valence-electron chi connectivity index (χ2n) is 2.07. The molecule has 3 nitrogen and oxygen atoms in total. The molecule has 0 fully saturated rings. The summed E-state index contributed by atoms with van der Waals surface area (Å²) in [5.74, 6) is 0.505. The van der Waals surface area contributed by atoms with Gasteiger partial charge in [-0.3, -0.25) is 0 Å². The second kappa shape index (κ2) is 4.17. The van der Waals surface area contributed by atoms with Crippen LogP contribution in [0.5, 0.6) is 0 Å². The average molecular weight is 329 g/mol. The van der Waals surface area contributed by atoms with Gasteiger partial charge in [0.2, 0.25) is 0 Å². The number of rotatable bonds is 1. The fourth-order valence-corrected chi connectivity index (χ4v) is 0.848. The maximum absolute atomic E-state index is 4.80. The number of nitrogens with zero attached hydrogens (tertiary/aromatic N) is 2. The van der Waals surface area contributed by atoms with Gasteiger partial charge in [-0.15, -0.1) is 0 Å². The van der Waals surface area contributed by atoms with E-state index >= 15 is 0 Å². The molecule has 0 unspecified atom stereocenters. The van der Waals surface area contributed by atoms with Crippen molar-refractivity contribution in [3.63, 3.8) is 0 Å². The van der Waals surface area contributed by atoms with Crippen molar-refractivity contribution in [2.24, 2.45) is 0 Å². The molecule has 2 aromatic rings. The first-order valence-corrected chi connectivity index (χ1v) is 3.22. The van der Waals surface area contributed by atoms with E-state index in [9.17, 15) is 0 Å². The summed E-state index contributed by atoms with van der Waals surface area (Å²) >= 11 is 0. The van der Waals surface area contributed by atoms with Gasteiger partial charge in [0.05, 0.1) is 5.89 Å². The average Bonchev–Trinajstić information content (AvgIpc) is 2.58. The molecule has 0 amide bonds. The van der Waals surface area contributed by atoms with E-state index in [4.69, 9.17) is 4.52 Å². The van der Waals surface area contributed by atoms with Crippen LogP contribution in [0.2, 0.25) is 0 Å². The zero-order chi connectivity index (χ0) is 7.52. The maximum Gasteiger partial charge on any atom is 0.0971 e. The minimum Gasteiger partial charge on any atom is -0.445 e. The monoisotopic (exact) mass is 329 g/mol. The molecule has 60 valence electrons. The molecule has 0 aliphatic heterocycles. The molecule has 0 spiro atoms. The molecule has 4 heteroatoms. The Labute approximate surface area is 84.1 Å². The number of aromatic nitrogens is 2. The van der Waals surface area contributed by atoms with Crippen LogP contribution >= 0.6 is 0 Å². The largest absolute Gasteiger partial charge is 0.445 e. The predicted molar refractivity (Wildman–Crippen MR) is 38.6 cm³/mol. The van der Waals surface area contributed by atoms with Crippen LogP contribution in [0, 0.1) is 6.33 Å². The predicted octanol–water partition coefficient (Wildman–Crippen LogP) is 1.53. The number of benzene rings is 1. The van der Waals surface area contributed by atoms with Crippen LogP contribution in [0.1, 0.15) is 0 Å². The quantitative estimate of drug-likeness (QED) is 0.745. The first-order valence-electron chi connectivity index (χ1n) is 3.22. The van der Waals surface area contributed by atoms with Crippen LogP contribution in [0.4, 0.5) is 0 Å². The Kier molecular flexibility index (Phi) is 3.17. The van der Waals surface area contributed by atoms with Gasteiger partial charge in [-0.1, -0.05) is 30.3 Å². The Balaban J connectivity index is 0.000000720. The molecule has 12 heavy (non-hydrogen) atoms. The SMILES string of the molecule is [W].[c-]1noc(-c2ccccc2)n1. The van der Waals surface area contributed by atoms with Gasteiger partial charge in [-0.2, -0.15) is 5.16 Å². The van der Waals surface area contributed by atoms with Crippen molar-refractivity contribution in [3.05, 3.63) is 36.7 Å². The first kappa shape index (κ1) is 9.14. The maximum atomic E-state index is 4.80. The van der Waals surface area contributed by atoms with E-state index in [0.29, 0.717) is 5.89 Å².